The number of benzene rings is 1. The minimum Gasteiger partial charge on any atom is -0.462 e. The number of amides is 1. The van der Waals surface area contributed by atoms with Gasteiger partial charge in [-0.25, -0.2) is 9.59 Å². The van der Waals surface area contributed by atoms with Gasteiger partial charge in [0.25, 0.3) is 5.91 Å². The van der Waals surface area contributed by atoms with Crippen molar-refractivity contribution in [2.75, 3.05) is 13.2 Å². The highest BCUT2D eigenvalue weighted by Crippen LogP contribution is 2.13. The van der Waals surface area contributed by atoms with Crippen LogP contribution < -0.4 is 10.9 Å². The van der Waals surface area contributed by atoms with Gasteiger partial charge in [0.1, 0.15) is 11.1 Å². The Morgan fingerprint density at radius 2 is 2.00 bits per heavy atom. The summed E-state index contributed by atoms with van der Waals surface area (Å²) in [4.78, 5) is 36.2. The summed E-state index contributed by atoms with van der Waals surface area (Å²) in [6.07, 6.45) is 0.446. The number of esters is 1. The summed E-state index contributed by atoms with van der Waals surface area (Å²) in [6.45, 7) is 0.464. The summed E-state index contributed by atoms with van der Waals surface area (Å²) in [5.41, 5.74) is -0.448. The summed E-state index contributed by atoms with van der Waals surface area (Å²) in [5.74, 6) is -0.888. The third-order valence-electron chi connectivity index (χ3n) is 3.45. The van der Waals surface area contributed by atoms with Crippen molar-refractivity contribution < 1.29 is 18.7 Å². The fourth-order valence-electron chi connectivity index (χ4n) is 2.22. The number of thiophene rings is 1. The molecule has 0 aliphatic rings. The highest BCUT2D eigenvalue weighted by Gasteiger charge is 2.15. The first-order chi connectivity index (χ1) is 12.1. The van der Waals surface area contributed by atoms with Crippen molar-refractivity contribution >= 4 is 34.2 Å². The average Bonchev–Trinajstić information content (AvgIpc) is 3.15. The average molecular weight is 357 g/mol. The maximum Gasteiger partial charge on any atom is 0.351 e. The molecule has 1 amide bonds. The number of rotatable bonds is 6. The molecule has 3 rings (SSSR count). The number of para-hydroxylation sites is 1. The van der Waals surface area contributed by atoms with Gasteiger partial charge in [-0.2, -0.15) is 0 Å². The predicted octanol–water partition coefficient (Wildman–Crippen LogP) is 2.83. The molecule has 6 nitrogen and oxygen atoms in total. The van der Waals surface area contributed by atoms with E-state index in [1.54, 1.807) is 36.4 Å². The standard InChI is InChI=1S/C18H15NO5S/c20-16(15-7-3-10-25-15)19-8-4-9-23-17(21)13-11-12-5-1-2-6-14(12)24-18(13)22/h1-3,5-7,10-11H,4,8-9H2,(H,19,20). The van der Waals surface area contributed by atoms with E-state index in [0.717, 1.165) is 0 Å². The van der Waals surface area contributed by atoms with Crippen molar-refractivity contribution in [2.24, 2.45) is 0 Å². The van der Waals surface area contributed by atoms with Gasteiger partial charge < -0.3 is 14.5 Å². The molecular weight excluding hydrogens is 342 g/mol. The van der Waals surface area contributed by atoms with Gasteiger partial charge in [0.2, 0.25) is 0 Å². The van der Waals surface area contributed by atoms with Gasteiger partial charge in [0.15, 0.2) is 0 Å². The molecular formula is C18H15NO5S. The Labute approximate surface area is 147 Å². The first kappa shape index (κ1) is 16.9. The smallest absolute Gasteiger partial charge is 0.351 e. The summed E-state index contributed by atoms with van der Waals surface area (Å²) < 4.78 is 10.2. The van der Waals surface area contributed by atoms with Crippen LogP contribution in [0.3, 0.4) is 0 Å². The van der Waals surface area contributed by atoms with Gasteiger partial charge in [0.05, 0.1) is 11.5 Å². The van der Waals surface area contributed by atoms with Crippen LogP contribution in [0.15, 0.2) is 57.1 Å². The van der Waals surface area contributed by atoms with Crippen molar-refractivity contribution in [3.05, 3.63) is 68.7 Å². The lowest BCUT2D eigenvalue weighted by Crippen LogP contribution is -2.25. The maximum absolute atomic E-state index is 12.0. The summed E-state index contributed by atoms with van der Waals surface area (Å²) in [7, 11) is 0. The topological polar surface area (TPSA) is 85.6 Å². The molecule has 1 N–H and O–H groups in total. The molecule has 7 heteroatoms. The van der Waals surface area contributed by atoms with E-state index >= 15 is 0 Å². The zero-order chi connectivity index (χ0) is 17.6. The van der Waals surface area contributed by atoms with Gasteiger partial charge >= 0.3 is 11.6 Å². The lowest BCUT2D eigenvalue weighted by atomic mass is 10.2. The molecule has 25 heavy (non-hydrogen) atoms. The van der Waals surface area contributed by atoms with Gasteiger partial charge in [0, 0.05) is 11.9 Å². The van der Waals surface area contributed by atoms with Crippen LogP contribution in [-0.2, 0) is 4.74 Å². The predicted molar refractivity (Wildman–Crippen MR) is 94.0 cm³/mol. The zero-order valence-corrected chi connectivity index (χ0v) is 14.0. The second-order valence-electron chi connectivity index (χ2n) is 5.21. The van der Waals surface area contributed by atoms with Gasteiger partial charge in [-0.15, -0.1) is 11.3 Å². The van der Waals surface area contributed by atoms with E-state index in [-0.39, 0.29) is 18.1 Å². The number of nitrogens with one attached hydrogen (secondary N) is 1. The van der Waals surface area contributed by atoms with Gasteiger partial charge in [-0.3, -0.25) is 4.79 Å². The van der Waals surface area contributed by atoms with E-state index in [4.69, 9.17) is 9.15 Å². The van der Waals surface area contributed by atoms with Crippen LogP contribution in [0.2, 0.25) is 0 Å². The van der Waals surface area contributed by atoms with Gasteiger partial charge in [-0.05, 0) is 30.0 Å². The van der Waals surface area contributed by atoms with E-state index in [2.05, 4.69) is 5.32 Å². The third-order valence-corrected chi connectivity index (χ3v) is 4.31. The number of carbonyl (C=O) groups is 2. The monoisotopic (exact) mass is 357 g/mol. The van der Waals surface area contributed by atoms with Crippen LogP contribution in [0.25, 0.3) is 11.0 Å². The molecule has 2 heterocycles. The number of ether oxygens (including phenoxy) is 1. The molecule has 3 aromatic rings. The number of hydrogen-bond donors (Lipinski definition) is 1. The Balaban J connectivity index is 1.50. The molecule has 0 atom stereocenters. The molecule has 0 aliphatic carbocycles. The van der Waals surface area contributed by atoms with Crippen molar-refractivity contribution in [3.8, 4) is 0 Å². The molecule has 1 aromatic carbocycles. The molecule has 0 bridgehead atoms. The number of fused-ring (bicyclic) bond motifs is 1. The van der Waals surface area contributed by atoms with Crippen molar-refractivity contribution in [2.45, 2.75) is 6.42 Å². The first-order valence-corrected chi connectivity index (χ1v) is 8.55. The lowest BCUT2D eigenvalue weighted by Gasteiger charge is -2.06. The minimum absolute atomic E-state index is 0.0931. The molecule has 2 aromatic heterocycles. The minimum atomic E-state index is -0.732. The fourth-order valence-corrected chi connectivity index (χ4v) is 2.86. The van der Waals surface area contributed by atoms with E-state index < -0.39 is 11.6 Å². The Kier molecular flexibility index (Phi) is 5.25. The molecule has 0 spiro atoms. The molecule has 128 valence electrons. The highest BCUT2D eigenvalue weighted by molar-refractivity contribution is 7.12. The fraction of sp³-hybridized carbons (Fsp3) is 0.167. The Morgan fingerprint density at radius 3 is 2.80 bits per heavy atom. The molecule has 0 saturated heterocycles. The van der Waals surface area contributed by atoms with Gasteiger partial charge in [-0.1, -0.05) is 24.3 Å². The van der Waals surface area contributed by atoms with Crippen molar-refractivity contribution in [1.29, 1.82) is 0 Å². The van der Waals surface area contributed by atoms with E-state index in [1.165, 1.54) is 17.4 Å². The molecule has 0 radical (unpaired) electrons. The summed E-state index contributed by atoms with van der Waals surface area (Å²) in [6, 6.07) is 11.9. The SMILES string of the molecule is O=C(NCCCOC(=O)c1cc2ccccc2oc1=O)c1cccs1. The van der Waals surface area contributed by atoms with Crippen LogP contribution >= 0.6 is 11.3 Å². The molecule has 0 aliphatic heterocycles. The van der Waals surface area contributed by atoms with Crippen LogP contribution in [0.1, 0.15) is 26.5 Å². The van der Waals surface area contributed by atoms with Crippen molar-refractivity contribution in [1.82, 2.24) is 5.32 Å². The first-order valence-electron chi connectivity index (χ1n) is 7.67. The number of hydrogen-bond acceptors (Lipinski definition) is 6. The normalized spacial score (nSPS) is 10.6. The van der Waals surface area contributed by atoms with Crippen LogP contribution in [-0.4, -0.2) is 25.0 Å². The Morgan fingerprint density at radius 1 is 1.16 bits per heavy atom. The van der Waals surface area contributed by atoms with E-state index in [1.807, 2.05) is 5.38 Å². The van der Waals surface area contributed by atoms with Crippen LogP contribution in [0.5, 0.6) is 0 Å². The third kappa shape index (κ3) is 4.13. The summed E-state index contributed by atoms with van der Waals surface area (Å²) in [5, 5.41) is 5.21. The quantitative estimate of drug-likeness (QED) is 0.416. The highest BCUT2D eigenvalue weighted by atomic mass is 32.1. The molecule has 0 saturated carbocycles. The maximum atomic E-state index is 12.0. The van der Waals surface area contributed by atoms with E-state index in [9.17, 15) is 14.4 Å². The Hall–Kier alpha value is -2.93. The van der Waals surface area contributed by atoms with Crippen LogP contribution in [0, 0.1) is 0 Å². The second-order valence-corrected chi connectivity index (χ2v) is 6.16. The van der Waals surface area contributed by atoms with E-state index in [0.29, 0.717) is 28.8 Å². The second kappa shape index (κ2) is 7.76. The molecule has 0 unspecified atom stereocenters. The summed E-state index contributed by atoms with van der Waals surface area (Å²) >= 11 is 1.36. The molecule has 0 fully saturated rings. The number of carbonyl (C=O) groups excluding carboxylic acids is 2. The zero-order valence-electron chi connectivity index (χ0n) is 13.2. The van der Waals surface area contributed by atoms with Crippen LogP contribution in [0.4, 0.5) is 0 Å². The Bertz CT molecular complexity index is 946. The lowest BCUT2D eigenvalue weighted by molar-refractivity contribution is 0.0496. The largest absolute Gasteiger partial charge is 0.462 e. The van der Waals surface area contributed by atoms with Crippen molar-refractivity contribution in [3.63, 3.8) is 0 Å².